The minimum absolute atomic E-state index is 0.0316. The third-order valence-corrected chi connectivity index (χ3v) is 7.54. The minimum atomic E-state index is -0.305. The second-order valence-electron chi connectivity index (χ2n) is 10.5. The summed E-state index contributed by atoms with van der Waals surface area (Å²) in [5.41, 5.74) is 16.4. The molecule has 7 nitrogen and oxygen atoms in total. The summed E-state index contributed by atoms with van der Waals surface area (Å²) in [5.74, 6) is 3.17. The lowest BCUT2D eigenvalue weighted by atomic mass is 9.86. The summed E-state index contributed by atoms with van der Waals surface area (Å²) in [6.07, 6.45) is 2.56. The van der Waals surface area contributed by atoms with Crippen molar-refractivity contribution in [2.45, 2.75) is 65.4 Å². The molecule has 0 fully saturated rings. The molecule has 3 aromatic carbocycles. The van der Waals surface area contributed by atoms with Gasteiger partial charge in [-0.15, -0.1) is 0 Å². The van der Waals surface area contributed by atoms with Crippen LogP contribution in [0.5, 0.6) is 23.0 Å². The summed E-state index contributed by atoms with van der Waals surface area (Å²) in [6, 6.07) is 15.5. The van der Waals surface area contributed by atoms with Crippen LogP contribution in [0.15, 0.2) is 53.5 Å². The molecule has 0 amide bonds. The lowest BCUT2D eigenvalue weighted by Gasteiger charge is -2.38. The topological polar surface area (TPSA) is 112 Å². The largest absolute Gasteiger partial charge is 0.507 e. The number of benzene rings is 3. The van der Waals surface area contributed by atoms with Gasteiger partial charge >= 0.3 is 0 Å². The zero-order chi connectivity index (χ0) is 27.4. The highest BCUT2D eigenvalue weighted by atomic mass is 16.5. The van der Waals surface area contributed by atoms with Crippen LogP contribution in [0.4, 0.5) is 5.69 Å². The van der Waals surface area contributed by atoms with Gasteiger partial charge in [0.25, 0.3) is 0 Å². The summed E-state index contributed by atoms with van der Waals surface area (Å²) in [7, 11) is 0. The van der Waals surface area contributed by atoms with Crippen molar-refractivity contribution in [3.05, 3.63) is 76.3 Å². The molecule has 4 rings (SSSR count). The molecule has 0 aromatic heterocycles. The number of aromatic hydroxyl groups is 1. The Kier molecular flexibility index (Phi) is 8.05. The van der Waals surface area contributed by atoms with Crippen molar-refractivity contribution in [1.29, 1.82) is 0 Å². The monoisotopic (exact) mass is 517 g/mol. The number of ether oxygens (including phenoxy) is 3. The van der Waals surface area contributed by atoms with E-state index in [0.717, 1.165) is 58.8 Å². The van der Waals surface area contributed by atoms with E-state index in [1.807, 2.05) is 57.2 Å². The van der Waals surface area contributed by atoms with Crippen molar-refractivity contribution in [2.24, 2.45) is 16.5 Å². The average Bonchev–Trinajstić information content (AvgIpc) is 2.90. The molecule has 5 N–H and O–H groups in total. The molecule has 0 aliphatic carbocycles. The number of phenolic OH excluding ortho intramolecular Hbond substituents is 1. The first kappa shape index (κ1) is 27.2. The predicted molar refractivity (Wildman–Crippen MR) is 152 cm³/mol. The standard InChI is InChI=1S/C31H39N3O4/c1-19(18-37-26-12-8-24(9-13-26)34-30(32)33)23-6-10-25(11-7-23)36-17-16-31(5)15-14-27-22(4)28(35)20(2)21(3)29(27)38-31/h6-13,19,35H,14-18H2,1-5H3,(H4,32,33,34). The fourth-order valence-corrected chi connectivity index (χ4v) is 4.83. The number of nitrogens with two attached hydrogens (primary N) is 2. The van der Waals surface area contributed by atoms with Crippen molar-refractivity contribution >= 4 is 11.6 Å². The van der Waals surface area contributed by atoms with Gasteiger partial charge in [0, 0.05) is 17.9 Å². The Morgan fingerprint density at radius 3 is 2.26 bits per heavy atom. The van der Waals surface area contributed by atoms with Crippen LogP contribution in [0.25, 0.3) is 0 Å². The number of aliphatic imine (C=N–C) groups is 1. The number of hydrogen-bond donors (Lipinski definition) is 3. The quantitative estimate of drug-likeness (QED) is 0.239. The Hall–Kier alpha value is -3.87. The second-order valence-corrected chi connectivity index (χ2v) is 10.5. The molecule has 38 heavy (non-hydrogen) atoms. The van der Waals surface area contributed by atoms with Crippen molar-refractivity contribution in [1.82, 2.24) is 0 Å². The van der Waals surface area contributed by atoms with Gasteiger partial charge in [-0.05, 0) is 99.2 Å². The zero-order valence-corrected chi connectivity index (χ0v) is 23.0. The molecule has 2 atom stereocenters. The van der Waals surface area contributed by atoms with Gasteiger partial charge in [0.15, 0.2) is 5.96 Å². The predicted octanol–water partition coefficient (Wildman–Crippen LogP) is 5.96. The van der Waals surface area contributed by atoms with E-state index in [-0.39, 0.29) is 17.5 Å². The van der Waals surface area contributed by atoms with Crippen LogP contribution in [-0.4, -0.2) is 29.9 Å². The van der Waals surface area contributed by atoms with Crippen LogP contribution >= 0.6 is 0 Å². The normalized spacial score (nSPS) is 17.2. The number of hydrogen-bond acceptors (Lipinski definition) is 5. The van der Waals surface area contributed by atoms with E-state index in [2.05, 4.69) is 31.0 Å². The summed E-state index contributed by atoms with van der Waals surface area (Å²) in [6.45, 7) is 11.3. The lowest BCUT2D eigenvalue weighted by Crippen LogP contribution is -2.38. The Morgan fingerprint density at radius 2 is 1.61 bits per heavy atom. The van der Waals surface area contributed by atoms with E-state index in [1.54, 1.807) is 0 Å². The maximum Gasteiger partial charge on any atom is 0.191 e. The molecular formula is C31H39N3O4. The number of rotatable bonds is 9. The number of guanidine groups is 1. The summed E-state index contributed by atoms with van der Waals surface area (Å²) >= 11 is 0. The average molecular weight is 518 g/mol. The first-order valence-corrected chi connectivity index (χ1v) is 13.1. The first-order chi connectivity index (χ1) is 18.1. The highest BCUT2D eigenvalue weighted by Crippen LogP contribution is 2.44. The Morgan fingerprint density at radius 1 is 0.974 bits per heavy atom. The van der Waals surface area contributed by atoms with Crippen LogP contribution in [0.2, 0.25) is 0 Å². The van der Waals surface area contributed by atoms with Gasteiger partial charge in [0.1, 0.15) is 28.6 Å². The van der Waals surface area contributed by atoms with Crippen molar-refractivity contribution in [3.8, 4) is 23.0 Å². The fraction of sp³-hybridized carbons (Fsp3) is 0.387. The molecule has 2 unspecified atom stereocenters. The SMILES string of the molecule is Cc1c(C)c2c(c(C)c1O)CCC(C)(CCOc1ccc(C(C)COc3ccc(N=C(N)N)cc3)cc1)O2. The van der Waals surface area contributed by atoms with E-state index in [1.165, 1.54) is 5.56 Å². The molecule has 0 spiro atoms. The summed E-state index contributed by atoms with van der Waals surface area (Å²) in [5, 5.41) is 10.4. The van der Waals surface area contributed by atoms with Gasteiger partial charge < -0.3 is 30.8 Å². The highest BCUT2D eigenvalue weighted by Gasteiger charge is 2.34. The van der Waals surface area contributed by atoms with E-state index >= 15 is 0 Å². The van der Waals surface area contributed by atoms with E-state index < -0.39 is 0 Å². The van der Waals surface area contributed by atoms with Gasteiger partial charge in [-0.1, -0.05) is 19.1 Å². The zero-order valence-electron chi connectivity index (χ0n) is 23.0. The molecule has 3 aromatic rings. The van der Waals surface area contributed by atoms with Crippen LogP contribution < -0.4 is 25.7 Å². The summed E-state index contributed by atoms with van der Waals surface area (Å²) in [4.78, 5) is 4.01. The number of nitrogens with zero attached hydrogens (tertiary/aromatic N) is 1. The molecular weight excluding hydrogens is 478 g/mol. The van der Waals surface area contributed by atoms with Gasteiger partial charge in [0.05, 0.1) is 18.9 Å². The van der Waals surface area contributed by atoms with E-state index in [4.69, 9.17) is 25.7 Å². The molecule has 0 saturated carbocycles. The lowest BCUT2D eigenvalue weighted by molar-refractivity contribution is 0.0411. The van der Waals surface area contributed by atoms with Crippen LogP contribution in [0.1, 0.15) is 60.4 Å². The first-order valence-electron chi connectivity index (χ1n) is 13.1. The van der Waals surface area contributed by atoms with Gasteiger partial charge in [-0.25, -0.2) is 4.99 Å². The molecule has 1 heterocycles. The Bertz CT molecular complexity index is 1300. The number of phenols is 1. The third kappa shape index (κ3) is 6.15. The maximum absolute atomic E-state index is 10.4. The van der Waals surface area contributed by atoms with Crippen LogP contribution in [0.3, 0.4) is 0 Å². The second kappa shape index (κ2) is 11.3. The molecule has 1 aliphatic heterocycles. The van der Waals surface area contributed by atoms with Crippen molar-refractivity contribution in [2.75, 3.05) is 13.2 Å². The molecule has 0 bridgehead atoms. The molecule has 0 radical (unpaired) electrons. The molecule has 7 heteroatoms. The molecule has 202 valence electrons. The fourth-order valence-electron chi connectivity index (χ4n) is 4.83. The minimum Gasteiger partial charge on any atom is -0.507 e. The smallest absolute Gasteiger partial charge is 0.191 e. The molecule has 1 aliphatic rings. The Labute approximate surface area is 225 Å². The van der Waals surface area contributed by atoms with Gasteiger partial charge in [0.2, 0.25) is 0 Å². The van der Waals surface area contributed by atoms with Crippen molar-refractivity contribution in [3.63, 3.8) is 0 Å². The van der Waals surface area contributed by atoms with Gasteiger partial charge in [-0.2, -0.15) is 0 Å². The Balaban J connectivity index is 1.28. The third-order valence-electron chi connectivity index (χ3n) is 7.54. The highest BCUT2D eigenvalue weighted by molar-refractivity contribution is 5.79. The van der Waals surface area contributed by atoms with Crippen molar-refractivity contribution < 1.29 is 19.3 Å². The maximum atomic E-state index is 10.4. The molecule has 0 saturated heterocycles. The van der Waals surface area contributed by atoms with Crippen LogP contribution in [0, 0.1) is 20.8 Å². The van der Waals surface area contributed by atoms with E-state index in [9.17, 15) is 5.11 Å². The summed E-state index contributed by atoms with van der Waals surface area (Å²) < 4.78 is 18.5. The van der Waals surface area contributed by atoms with E-state index in [0.29, 0.717) is 24.7 Å². The van der Waals surface area contributed by atoms with Gasteiger partial charge in [-0.3, -0.25) is 0 Å². The van der Waals surface area contributed by atoms with Crippen LogP contribution in [-0.2, 0) is 6.42 Å². The number of fused-ring (bicyclic) bond motifs is 1.